The molecule has 1 aromatic carbocycles. The van der Waals surface area contributed by atoms with E-state index < -0.39 is 11.6 Å². The molecule has 0 aliphatic heterocycles. The molecule has 2 aromatic heterocycles. The molecule has 1 aliphatic rings. The monoisotopic (exact) mass is 477 g/mol. The Morgan fingerprint density at radius 2 is 1.83 bits per heavy atom. The molecule has 0 unspecified atom stereocenters. The van der Waals surface area contributed by atoms with Crippen molar-refractivity contribution in [1.82, 2.24) is 9.97 Å². The predicted octanol–water partition coefficient (Wildman–Crippen LogP) is 6.25. The highest BCUT2D eigenvalue weighted by molar-refractivity contribution is 5.96. The second-order valence-electron chi connectivity index (χ2n) is 10.2. The molecule has 6 heteroatoms. The van der Waals surface area contributed by atoms with Crippen LogP contribution >= 0.6 is 0 Å². The van der Waals surface area contributed by atoms with Gasteiger partial charge >= 0.3 is 0 Å². The lowest BCUT2D eigenvalue weighted by molar-refractivity contribution is 0.0987. The Morgan fingerprint density at radius 1 is 1.09 bits per heavy atom. The highest BCUT2D eigenvalue weighted by atomic mass is 19.1. The highest BCUT2D eigenvalue weighted by Crippen LogP contribution is 2.40. The first-order valence-electron chi connectivity index (χ1n) is 12.2. The molecule has 184 valence electrons. The standard InChI is InChI=1S/C29H33F2N3O/c1-15-6-7-25(34-29(15)27-23(30)11-17(3)19(5)28(27)31)26(35)13-21-14-33-9-8-22(21)20-10-16(2)18(4)24(32)12-20/h6-9,11,14,16,18,20,24H,10,12-13,32H2,1-5H3/t16-,18+,20+,24+/m0/s1. The number of carbonyl (C=O) groups excluding carboxylic acids is 1. The Balaban J connectivity index is 1.66. The first-order chi connectivity index (χ1) is 16.6. The number of benzene rings is 1. The van der Waals surface area contributed by atoms with Crippen molar-refractivity contribution in [3.63, 3.8) is 0 Å². The van der Waals surface area contributed by atoms with Crippen molar-refractivity contribution in [2.75, 3.05) is 0 Å². The molecular formula is C29H33F2N3O. The summed E-state index contributed by atoms with van der Waals surface area (Å²) in [6.45, 7) is 9.44. The second-order valence-corrected chi connectivity index (χ2v) is 10.2. The number of hydrogen-bond donors (Lipinski definition) is 1. The Labute approximate surface area is 206 Å². The third kappa shape index (κ3) is 4.90. The fraction of sp³-hybridized carbons (Fsp3) is 0.414. The van der Waals surface area contributed by atoms with Gasteiger partial charge in [0.05, 0.1) is 11.3 Å². The van der Waals surface area contributed by atoms with Gasteiger partial charge in [0, 0.05) is 24.9 Å². The summed E-state index contributed by atoms with van der Waals surface area (Å²) >= 11 is 0. The maximum atomic E-state index is 15.0. The van der Waals surface area contributed by atoms with Gasteiger partial charge < -0.3 is 5.73 Å². The molecule has 2 N–H and O–H groups in total. The van der Waals surface area contributed by atoms with Gasteiger partial charge in [0.1, 0.15) is 17.3 Å². The molecular weight excluding hydrogens is 444 g/mol. The van der Waals surface area contributed by atoms with E-state index in [1.807, 2.05) is 6.07 Å². The highest BCUT2D eigenvalue weighted by Gasteiger charge is 2.32. The summed E-state index contributed by atoms with van der Waals surface area (Å²) in [6, 6.07) is 6.72. The smallest absolute Gasteiger partial charge is 0.185 e. The minimum Gasteiger partial charge on any atom is -0.327 e. The van der Waals surface area contributed by atoms with Crippen molar-refractivity contribution in [3.05, 3.63) is 81.8 Å². The van der Waals surface area contributed by atoms with Crippen LogP contribution in [-0.2, 0) is 6.42 Å². The van der Waals surface area contributed by atoms with E-state index in [2.05, 4.69) is 23.8 Å². The van der Waals surface area contributed by atoms with Gasteiger partial charge in [0.15, 0.2) is 5.78 Å². The number of nitrogens with zero attached hydrogens (tertiary/aromatic N) is 2. The van der Waals surface area contributed by atoms with E-state index in [4.69, 9.17) is 5.73 Å². The van der Waals surface area contributed by atoms with Crippen LogP contribution in [0.25, 0.3) is 11.3 Å². The van der Waals surface area contributed by atoms with E-state index in [-0.39, 0.29) is 41.1 Å². The molecule has 0 amide bonds. The maximum Gasteiger partial charge on any atom is 0.185 e. The van der Waals surface area contributed by atoms with Crippen LogP contribution in [0.1, 0.15) is 70.9 Å². The zero-order valence-corrected chi connectivity index (χ0v) is 21.0. The summed E-state index contributed by atoms with van der Waals surface area (Å²) < 4.78 is 29.8. The fourth-order valence-corrected chi connectivity index (χ4v) is 5.22. The number of ketones is 1. The molecule has 1 aliphatic carbocycles. The van der Waals surface area contributed by atoms with Gasteiger partial charge in [-0.3, -0.25) is 9.78 Å². The second kappa shape index (κ2) is 9.94. The van der Waals surface area contributed by atoms with Gasteiger partial charge in [-0.2, -0.15) is 0 Å². The van der Waals surface area contributed by atoms with E-state index in [0.717, 1.165) is 24.0 Å². The number of hydrogen-bond acceptors (Lipinski definition) is 4. The van der Waals surface area contributed by atoms with Crippen LogP contribution < -0.4 is 5.73 Å². The van der Waals surface area contributed by atoms with Gasteiger partial charge in [0.2, 0.25) is 0 Å². The minimum atomic E-state index is -0.683. The zero-order valence-electron chi connectivity index (χ0n) is 21.0. The summed E-state index contributed by atoms with van der Waals surface area (Å²) in [5, 5.41) is 0. The van der Waals surface area contributed by atoms with Crippen LogP contribution in [0.2, 0.25) is 0 Å². The molecule has 0 bridgehead atoms. The van der Waals surface area contributed by atoms with Crippen molar-refractivity contribution >= 4 is 5.78 Å². The Bertz CT molecular complexity index is 1260. The minimum absolute atomic E-state index is 0.115. The number of nitrogens with two attached hydrogens (primary N) is 1. The first kappa shape index (κ1) is 25.1. The van der Waals surface area contributed by atoms with Crippen LogP contribution in [0.5, 0.6) is 0 Å². The lowest BCUT2D eigenvalue weighted by Gasteiger charge is -2.37. The number of pyridine rings is 2. The summed E-state index contributed by atoms with van der Waals surface area (Å²) in [5.41, 5.74) is 10.0. The molecule has 35 heavy (non-hydrogen) atoms. The number of carbonyl (C=O) groups is 1. The van der Waals surface area contributed by atoms with E-state index >= 15 is 4.39 Å². The summed E-state index contributed by atoms with van der Waals surface area (Å²) in [4.78, 5) is 22.0. The molecule has 1 saturated carbocycles. The topological polar surface area (TPSA) is 68.9 Å². The first-order valence-corrected chi connectivity index (χ1v) is 12.2. The Kier molecular flexibility index (Phi) is 7.13. The molecule has 4 rings (SSSR count). The van der Waals surface area contributed by atoms with Crippen LogP contribution in [0, 0.1) is 44.2 Å². The number of Topliss-reactive ketones (excluding diaryl/α,β-unsaturated/α-hetero) is 1. The van der Waals surface area contributed by atoms with E-state index in [1.165, 1.54) is 6.07 Å². The molecule has 0 saturated heterocycles. The van der Waals surface area contributed by atoms with Gasteiger partial charge in [-0.25, -0.2) is 13.8 Å². The third-order valence-corrected chi connectivity index (χ3v) is 7.86. The summed E-state index contributed by atoms with van der Waals surface area (Å²) in [6.07, 6.45) is 5.49. The fourth-order valence-electron chi connectivity index (χ4n) is 5.22. The summed E-state index contributed by atoms with van der Waals surface area (Å²) in [5.74, 6) is -0.329. The average molecular weight is 478 g/mol. The lowest BCUT2D eigenvalue weighted by atomic mass is 9.70. The molecule has 0 spiro atoms. The van der Waals surface area contributed by atoms with E-state index in [0.29, 0.717) is 28.5 Å². The van der Waals surface area contributed by atoms with Crippen molar-refractivity contribution in [1.29, 1.82) is 0 Å². The Hall–Kier alpha value is -2.99. The normalized spacial score (nSPS) is 22.3. The quantitative estimate of drug-likeness (QED) is 0.441. The van der Waals surface area contributed by atoms with E-state index in [1.54, 1.807) is 45.3 Å². The number of halogens is 2. The van der Waals surface area contributed by atoms with Crippen LogP contribution in [0.15, 0.2) is 36.7 Å². The Morgan fingerprint density at radius 3 is 2.54 bits per heavy atom. The van der Waals surface area contributed by atoms with Gasteiger partial charge in [-0.1, -0.05) is 19.9 Å². The molecule has 0 radical (unpaired) electrons. The third-order valence-electron chi connectivity index (χ3n) is 7.86. The SMILES string of the molecule is Cc1ccc(C(=O)Cc2cnccc2[C@H]2C[C@@H](N)[C@H](C)[C@@H](C)C2)nc1-c1c(F)cc(C)c(C)c1F. The van der Waals surface area contributed by atoms with Crippen molar-refractivity contribution < 1.29 is 13.6 Å². The molecule has 2 heterocycles. The average Bonchev–Trinajstić information content (AvgIpc) is 2.82. The van der Waals surface area contributed by atoms with Gasteiger partial charge in [-0.15, -0.1) is 0 Å². The predicted molar refractivity (Wildman–Crippen MR) is 134 cm³/mol. The van der Waals surface area contributed by atoms with Gasteiger partial charge in [0.25, 0.3) is 0 Å². The number of aromatic nitrogens is 2. The van der Waals surface area contributed by atoms with Gasteiger partial charge in [-0.05, 0) is 97.4 Å². The van der Waals surface area contributed by atoms with Crippen LogP contribution in [0.3, 0.4) is 0 Å². The van der Waals surface area contributed by atoms with Crippen molar-refractivity contribution in [3.8, 4) is 11.3 Å². The molecule has 4 nitrogen and oxygen atoms in total. The largest absolute Gasteiger partial charge is 0.327 e. The maximum absolute atomic E-state index is 15.0. The van der Waals surface area contributed by atoms with Crippen molar-refractivity contribution in [2.24, 2.45) is 17.6 Å². The zero-order chi connectivity index (χ0) is 25.4. The van der Waals surface area contributed by atoms with Crippen molar-refractivity contribution in [2.45, 2.75) is 65.8 Å². The summed E-state index contributed by atoms with van der Waals surface area (Å²) in [7, 11) is 0. The van der Waals surface area contributed by atoms with Crippen LogP contribution in [0.4, 0.5) is 8.78 Å². The molecule has 1 fully saturated rings. The molecule has 3 aromatic rings. The molecule has 4 atom stereocenters. The number of rotatable bonds is 5. The number of aryl methyl sites for hydroxylation is 2. The lowest BCUT2D eigenvalue weighted by Crippen LogP contribution is -2.39. The van der Waals surface area contributed by atoms with Crippen LogP contribution in [-0.4, -0.2) is 21.8 Å². The van der Waals surface area contributed by atoms with E-state index in [9.17, 15) is 9.18 Å².